The van der Waals surface area contributed by atoms with Gasteiger partial charge < -0.3 is 15.1 Å². The number of benzene rings is 1. The molecule has 3 rings (SSSR count). The van der Waals surface area contributed by atoms with E-state index in [1.807, 2.05) is 42.2 Å². The lowest BCUT2D eigenvalue weighted by atomic mass is 9.93. The van der Waals surface area contributed by atoms with Gasteiger partial charge in [0.05, 0.1) is 0 Å². The Labute approximate surface area is 147 Å². The molecule has 0 aliphatic carbocycles. The largest absolute Gasteiger partial charge is 0.460 e. The van der Waals surface area contributed by atoms with Gasteiger partial charge in [-0.3, -0.25) is 9.59 Å². The first-order valence-electron chi connectivity index (χ1n) is 8.84. The van der Waals surface area contributed by atoms with E-state index in [4.69, 9.17) is 10.2 Å². The number of aryl methyl sites for hydroxylation is 1. The fraction of sp³-hybridized carbons (Fsp3) is 0.400. The highest BCUT2D eigenvalue weighted by Gasteiger charge is 2.22. The molecule has 0 radical (unpaired) electrons. The minimum Gasteiger partial charge on any atom is -0.460 e. The molecule has 0 spiro atoms. The molecule has 1 fully saturated rings. The van der Waals surface area contributed by atoms with Crippen molar-refractivity contribution in [2.75, 3.05) is 13.1 Å². The Morgan fingerprint density at radius 1 is 1.28 bits per heavy atom. The van der Waals surface area contributed by atoms with Crippen molar-refractivity contribution < 1.29 is 14.0 Å². The van der Waals surface area contributed by atoms with Crippen LogP contribution >= 0.6 is 0 Å². The molecule has 2 N–H and O–H groups in total. The Bertz CT molecular complexity index is 798. The molecule has 5 nitrogen and oxygen atoms in total. The Morgan fingerprint density at radius 2 is 2.00 bits per heavy atom. The number of likely N-dealkylation sites (tertiary alicyclic amines) is 1. The zero-order chi connectivity index (χ0) is 17.8. The normalized spacial score (nSPS) is 16.0. The smallest absolute Gasteiger partial charge is 0.246 e. The van der Waals surface area contributed by atoms with Crippen LogP contribution in [-0.2, 0) is 16.0 Å². The third kappa shape index (κ3) is 3.92. The lowest BCUT2D eigenvalue weighted by Gasteiger charge is -2.30. The lowest BCUT2D eigenvalue weighted by molar-refractivity contribution is -0.127. The van der Waals surface area contributed by atoms with Crippen LogP contribution in [-0.4, -0.2) is 29.8 Å². The predicted molar refractivity (Wildman–Crippen MR) is 97.7 cm³/mol. The molecule has 0 atom stereocenters. The van der Waals surface area contributed by atoms with Crippen LogP contribution in [0.2, 0.25) is 0 Å². The maximum absolute atomic E-state index is 12.5. The van der Waals surface area contributed by atoms with Crippen LogP contribution in [0.1, 0.15) is 37.5 Å². The van der Waals surface area contributed by atoms with Gasteiger partial charge in [-0.1, -0.05) is 25.1 Å². The minimum atomic E-state index is -0.261. The van der Waals surface area contributed by atoms with E-state index in [-0.39, 0.29) is 11.8 Å². The van der Waals surface area contributed by atoms with Gasteiger partial charge in [0, 0.05) is 43.0 Å². The number of carbonyl (C=O) groups excluding carboxylic acids is 2. The molecule has 2 aromatic rings. The van der Waals surface area contributed by atoms with Crippen LogP contribution in [0, 0.1) is 5.92 Å². The number of hydrogen-bond acceptors (Lipinski definition) is 3. The monoisotopic (exact) mass is 340 g/mol. The zero-order valence-corrected chi connectivity index (χ0v) is 14.5. The first kappa shape index (κ1) is 17.3. The van der Waals surface area contributed by atoms with Gasteiger partial charge in [-0.05, 0) is 30.9 Å². The van der Waals surface area contributed by atoms with Gasteiger partial charge in [0.15, 0.2) is 0 Å². The molecular weight excluding hydrogens is 316 g/mol. The second-order valence-corrected chi connectivity index (χ2v) is 6.56. The van der Waals surface area contributed by atoms with Gasteiger partial charge in [-0.25, -0.2) is 0 Å². The molecule has 2 heterocycles. The standard InChI is InChI=1S/C20H24N2O3/c1-2-17-16(15-5-3-4-6-18(15)25-17)7-8-20(24)22-11-9-14(10-12-22)13-19(21)23/h3-8,14H,2,9-13H2,1H3,(H2,21,23)/b8-7+. The van der Waals surface area contributed by atoms with Crippen molar-refractivity contribution in [3.05, 3.63) is 41.7 Å². The number of para-hydroxylation sites is 1. The Balaban J connectivity index is 1.68. The molecule has 0 unspecified atom stereocenters. The minimum absolute atomic E-state index is 0.00450. The van der Waals surface area contributed by atoms with Gasteiger partial charge in [0.25, 0.3) is 0 Å². The summed E-state index contributed by atoms with van der Waals surface area (Å²) in [6, 6.07) is 7.87. The summed E-state index contributed by atoms with van der Waals surface area (Å²) in [5.41, 5.74) is 7.08. The number of primary amides is 1. The number of rotatable bonds is 5. The van der Waals surface area contributed by atoms with Crippen LogP contribution in [0.25, 0.3) is 17.0 Å². The SMILES string of the molecule is CCc1oc2ccccc2c1/C=C/C(=O)N1CCC(CC(N)=O)CC1. The van der Waals surface area contributed by atoms with Crippen LogP contribution in [0.4, 0.5) is 0 Å². The van der Waals surface area contributed by atoms with Crippen molar-refractivity contribution in [2.45, 2.75) is 32.6 Å². The van der Waals surface area contributed by atoms with Crippen molar-refractivity contribution in [1.29, 1.82) is 0 Å². The van der Waals surface area contributed by atoms with E-state index in [1.165, 1.54) is 0 Å². The fourth-order valence-corrected chi connectivity index (χ4v) is 3.46. The average Bonchev–Trinajstić information content (AvgIpc) is 2.97. The quantitative estimate of drug-likeness (QED) is 0.850. The van der Waals surface area contributed by atoms with Gasteiger partial charge in [0.1, 0.15) is 11.3 Å². The zero-order valence-electron chi connectivity index (χ0n) is 14.5. The summed E-state index contributed by atoms with van der Waals surface area (Å²) >= 11 is 0. The summed E-state index contributed by atoms with van der Waals surface area (Å²) in [7, 11) is 0. The lowest BCUT2D eigenvalue weighted by Crippen LogP contribution is -2.38. The Hall–Kier alpha value is -2.56. The van der Waals surface area contributed by atoms with Gasteiger partial charge in [0.2, 0.25) is 11.8 Å². The van der Waals surface area contributed by atoms with E-state index in [0.717, 1.165) is 41.6 Å². The van der Waals surface area contributed by atoms with Crippen LogP contribution in [0.5, 0.6) is 0 Å². The number of amides is 2. The molecule has 0 bridgehead atoms. The average molecular weight is 340 g/mol. The summed E-state index contributed by atoms with van der Waals surface area (Å²) in [4.78, 5) is 25.3. The summed E-state index contributed by atoms with van der Waals surface area (Å²) < 4.78 is 5.86. The molecule has 5 heteroatoms. The van der Waals surface area contributed by atoms with E-state index in [0.29, 0.717) is 25.4 Å². The van der Waals surface area contributed by atoms with Gasteiger partial charge >= 0.3 is 0 Å². The second kappa shape index (κ2) is 7.55. The van der Waals surface area contributed by atoms with Crippen molar-refractivity contribution in [3.8, 4) is 0 Å². The van der Waals surface area contributed by atoms with E-state index >= 15 is 0 Å². The van der Waals surface area contributed by atoms with E-state index in [9.17, 15) is 9.59 Å². The number of nitrogens with zero attached hydrogens (tertiary/aromatic N) is 1. The molecule has 1 saturated heterocycles. The molecule has 0 saturated carbocycles. The summed E-state index contributed by atoms with van der Waals surface area (Å²) in [6.07, 6.45) is 6.35. The molecular formula is C20H24N2O3. The van der Waals surface area contributed by atoms with Crippen molar-refractivity contribution in [2.24, 2.45) is 11.7 Å². The first-order valence-corrected chi connectivity index (χ1v) is 8.84. The molecule has 1 aromatic carbocycles. The topological polar surface area (TPSA) is 76.5 Å². The number of furan rings is 1. The number of hydrogen-bond donors (Lipinski definition) is 1. The van der Waals surface area contributed by atoms with Crippen molar-refractivity contribution in [3.63, 3.8) is 0 Å². The third-order valence-corrected chi connectivity index (χ3v) is 4.84. The van der Waals surface area contributed by atoms with Crippen LogP contribution in [0.15, 0.2) is 34.8 Å². The fourth-order valence-electron chi connectivity index (χ4n) is 3.46. The molecule has 132 valence electrons. The Kier molecular flexibility index (Phi) is 5.22. The van der Waals surface area contributed by atoms with Gasteiger partial charge in [-0.15, -0.1) is 0 Å². The van der Waals surface area contributed by atoms with E-state index in [1.54, 1.807) is 6.08 Å². The summed E-state index contributed by atoms with van der Waals surface area (Å²) in [6.45, 7) is 3.39. The van der Waals surface area contributed by atoms with Crippen LogP contribution < -0.4 is 5.73 Å². The number of nitrogens with two attached hydrogens (primary N) is 1. The van der Waals surface area contributed by atoms with Crippen molar-refractivity contribution >= 4 is 28.9 Å². The highest BCUT2D eigenvalue weighted by Crippen LogP contribution is 2.27. The highest BCUT2D eigenvalue weighted by molar-refractivity contribution is 5.96. The number of carbonyl (C=O) groups is 2. The third-order valence-electron chi connectivity index (χ3n) is 4.84. The summed E-state index contributed by atoms with van der Waals surface area (Å²) in [5.74, 6) is 0.939. The number of fused-ring (bicyclic) bond motifs is 1. The number of piperidine rings is 1. The molecule has 2 amide bonds. The predicted octanol–water partition coefficient (Wildman–Crippen LogP) is 3.12. The van der Waals surface area contributed by atoms with Crippen LogP contribution in [0.3, 0.4) is 0 Å². The summed E-state index contributed by atoms with van der Waals surface area (Å²) in [5, 5.41) is 1.03. The highest BCUT2D eigenvalue weighted by atomic mass is 16.3. The van der Waals surface area contributed by atoms with Gasteiger partial charge in [-0.2, -0.15) is 0 Å². The van der Waals surface area contributed by atoms with E-state index in [2.05, 4.69) is 0 Å². The molecule has 25 heavy (non-hydrogen) atoms. The maximum Gasteiger partial charge on any atom is 0.246 e. The molecule has 1 aliphatic heterocycles. The maximum atomic E-state index is 12.5. The Morgan fingerprint density at radius 3 is 2.68 bits per heavy atom. The van der Waals surface area contributed by atoms with E-state index < -0.39 is 0 Å². The van der Waals surface area contributed by atoms with Crippen molar-refractivity contribution in [1.82, 2.24) is 4.90 Å². The second-order valence-electron chi connectivity index (χ2n) is 6.56. The molecule has 1 aromatic heterocycles. The molecule has 1 aliphatic rings. The first-order chi connectivity index (χ1) is 12.1.